The van der Waals surface area contributed by atoms with Crippen molar-refractivity contribution in [1.82, 2.24) is 5.16 Å². The minimum absolute atomic E-state index is 0.249. The van der Waals surface area contributed by atoms with E-state index in [2.05, 4.69) is 5.16 Å². The van der Waals surface area contributed by atoms with Crippen molar-refractivity contribution in [3.8, 4) is 5.75 Å². The standard InChI is InChI=1S/C14H15NO3/c1-10-13(11(2)18-15-10)8-9-14(16)17-12-6-4-3-5-7-12/h3-7H,8-9H2,1-2H3. The molecule has 1 aromatic heterocycles. The highest BCUT2D eigenvalue weighted by Gasteiger charge is 2.12. The Morgan fingerprint density at radius 1 is 1.28 bits per heavy atom. The van der Waals surface area contributed by atoms with E-state index >= 15 is 0 Å². The molecule has 0 aliphatic rings. The maximum Gasteiger partial charge on any atom is 0.311 e. The lowest BCUT2D eigenvalue weighted by atomic mass is 10.1. The molecule has 4 heteroatoms. The van der Waals surface area contributed by atoms with Crippen LogP contribution in [0.2, 0.25) is 0 Å². The van der Waals surface area contributed by atoms with Crippen LogP contribution in [0.4, 0.5) is 0 Å². The van der Waals surface area contributed by atoms with Crippen LogP contribution in [0.25, 0.3) is 0 Å². The van der Waals surface area contributed by atoms with Crippen LogP contribution in [0.3, 0.4) is 0 Å². The second-order valence-corrected chi connectivity index (χ2v) is 4.09. The van der Waals surface area contributed by atoms with E-state index < -0.39 is 0 Å². The second-order valence-electron chi connectivity index (χ2n) is 4.09. The van der Waals surface area contributed by atoms with Gasteiger partial charge in [-0.25, -0.2) is 0 Å². The largest absolute Gasteiger partial charge is 0.427 e. The van der Waals surface area contributed by atoms with Crippen LogP contribution in [-0.2, 0) is 11.2 Å². The van der Waals surface area contributed by atoms with Gasteiger partial charge in [0.2, 0.25) is 0 Å². The number of ether oxygens (including phenoxy) is 1. The fraction of sp³-hybridized carbons (Fsp3) is 0.286. The van der Waals surface area contributed by atoms with Crippen LogP contribution < -0.4 is 4.74 Å². The number of para-hydroxylation sites is 1. The Hall–Kier alpha value is -2.10. The van der Waals surface area contributed by atoms with Crippen molar-refractivity contribution in [1.29, 1.82) is 0 Å². The zero-order valence-electron chi connectivity index (χ0n) is 10.5. The van der Waals surface area contributed by atoms with Crippen molar-refractivity contribution in [2.75, 3.05) is 0 Å². The van der Waals surface area contributed by atoms with Crippen molar-refractivity contribution in [2.45, 2.75) is 26.7 Å². The molecule has 2 rings (SSSR count). The van der Waals surface area contributed by atoms with Gasteiger partial charge in [-0.05, 0) is 32.4 Å². The first-order valence-electron chi connectivity index (χ1n) is 5.84. The Labute approximate surface area is 106 Å². The summed E-state index contributed by atoms with van der Waals surface area (Å²) in [7, 11) is 0. The molecular formula is C14H15NO3. The molecule has 0 aliphatic carbocycles. The van der Waals surface area contributed by atoms with Crippen molar-refractivity contribution in [3.05, 3.63) is 47.3 Å². The summed E-state index contributed by atoms with van der Waals surface area (Å²) in [4.78, 5) is 11.7. The summed E-state index contributed by atoms with van der Waals surface area (Å²) in [6.45, 7) is 3.71. The maximum atomic E-state index is 11.7. The summed E-state index contributed by atoms with van der Waals surface area (Å²) in [5, 5.41) is 3.85. The minimum Gasteiger partial charge on any atom is -0.427 e. The summed E-state index contributed by atoms with van der Waals surface area (Å²) in [5.41, 5.74) is 1.82. The molecule has 1 heterocycles. The van der Waals surface area contributed by atoms with E-state index in [1.54, 1.807) is 12.1 Å². The molecule has 0 aliphatic heterocycles. The fourth-order valence-electron chi connectivity index (χ4n) is 1.76. The van der Waals surface area contributed by atoms with Crippen molar-refractivity contribution >= 4 is 5.97 Å². The predicted molar refractivity (Wildman–Crippen MR) is 66.4 cm³/mol. The van der Waals surface area contributed by atoms with Gasteiger partial charge in [0.25, 0.3) is 0 Å². The van der Waals surface area contributed by atoms with Gasteiger partial charge in [0, 0.05) is 5.56 Å². The quantitative estimate of drug-likeness (QED) is 0.614. The van der Waals surface area contributed by atoms with E-state index in [1.807, 2.05) is 32.0 Å². The topological polar surface area (TPSA) is 52.3 Å². The van der Waals surface area contributed by atoms with E-state index in [0.717, 1.165) is 17.0 Å². The predicted octanol–water partition coefficient (Wildman–Crippen LogP) is 2.83. The summed E-state index contributed by atoms with van der Waals surface area (Å²) in [6.07, 6.45) is 0.907. The lowest BCUT2D eigenvalue weighted by Gasteiger charge is -2.03. The molecule has 0 fully saturated rings. The van der Waals surface area contributed by atoms with E-state index in [0.29, 0.717) is 18.6 Å². The van der Waals surface area contributed by atoms with Crippen LogP contribution in [-0.4, -0.2) is 11.1 Å². The zero-order chi connectivity index (χ0) is 13.0. The molecule has 18 heavy (non-hydrogen) atoms. The van der Waals surface area contributed by atoms with Crippen LogP contribution in [0.5, 0.6) is 5.75 Å². The number of aryl methyl sites for hydroxylation is 2. The lowest BCUT2D eigenvalue weighted by Crippen LogP contribution is -2.09. The van der Waals surface area contributed by atoms with E-state index in [-0.39, 0.29) is 5.97 Å². The first-order valence-corrected chi connectivity index (χ1v) is 5.84. The molecule has 1 aromatic carbocycles. The number of nitrogens with zero attached hydrogens (tertiary/aromatic N) is 1. The van der Waals surface area contributed by atoms with Gasteiger partial charge in [-0.2, -0.15) is 0 Å². The van der Waals surface area contributed by atoms with Crippen LogP contribution in [0.1, 0.15) is 23.4 Å². The van der Waals surface area contributed by atoms with Gasteiger partial charge in [-0.15, -0.1) is 0 Å². The Morgan fingerprint density at radius 2 is 2.00 bits per heavy atom. The number of aromatic nitrogens is 1. The molecule has 2 aromatic rings. The van der Waals surface area contributed by atoms with Crippen molar-refractivity contribution in [2.24, 2.45) is 0 Å². The molecule has 0 atom stereocenters. The van der Waals surface area contributed by atoms with Gasteiger partial charge >= 0.3 is 5.97 Å². The summed E-state index contributed by atoms with van der Waals surface area (Å²) in [5.74, 6) is 1.09. The molecule has 0 amide bonds. The normalized spacial score (nSPS) is 10.3. The third-order valence-corrected chi connectivity index (χ3v) is 2.74. The van der Waals surface area contributed by atoms with Gasteiger partial charge in [0.1, 0.15) is 11.5 Å². The number of hydrogen-bond acceptors (Lipinski definition) is 4. The van der Waals surface area contributed by atoms with E-state index in [1.165, 1.54) is 0 Å². The van der Waals surface area contributed by atoms with Crippen LogP contribution in [0.15, 0.2) is 34.9 Å². The number of carbonyl (C=O) groups excluding carboxylic acids is 1. The molecule has 0 radical (unpaired) electrons. The molecule has 0 unspecified atom stereocenters. The van der Waals surface area contributed by atoms with Gasteiger partial charge < -0.3 is 9.26 Å². The highest BCUT2D eigenvalue weighted by molar-refractivity contribution is 5.72. The first kappa shape index (κ1) is 12.4. The monoisotopic (exact) mass is 245 g/mol. The second kappa shape index (κ2) is 5.49. The Kier molecular flexibility index (Phi) is 3.77. The number of rotatable bonds is 4. The van der Waals surface area contributed by atoms with E-state index in [4.69, 9.17) is 9.26 Å². The highest BCUT2D eigenvalue weighted by atomic mass is 16.5. The first-order chi connectivity index (χ1) is 8.66. The molecule has 0 spiro atoms. The van der Waals surface area contributed by atoms with Crippen LogP contribution in [0, 0.1) is 13.8 Å². The molecule has 94 valence electrons. The lowest BCUT2D eigenvalue weighted by molar-refractivity contribution is -0.134. The Morgan fingerprint density at radius 3 is 2.61 bits per heavy atom. The Balaban J connectivity index is 1.89. The molecule has 0 saturated heterocycles. The molecule has 0 N–H and O–H groups in total. The average Bonchev–Trinajstić information content (AvgIpc) is 2.68. The SMILES string of the molecule is Cc1noc(C)c1CCC(=O)Oc1ccccc1. The molecule has 0 bridgehead atoms. The zero-order valence-corrected chi connectivity index (χ0v) is 10.5. The number of benzene rings is 1. The third-order valence-electron chi connectivity index (χ3n) is 2.74. The van der Waals surface area contributed by atoms with Crippen LogP contribution >= 0.6 is 0 Å². The van der Waals surface area contributed by atoms with Gasteiger partial charge in [0.05, 0.1) is 12.1 Å². The molecule has 0 saturated carbocycles. The highest BCUT2D eigenvalue weighted by Crippen LogP contribution is 2.15. The molecule has 4 nitrogen and oxygen atoms in total. The number of hydrogen-bond donors (Lipinski definition) is 0. The third kappa shape index (κ3) is 2.97. The average molecular weight is 245 g/mol. The molecular weight excluding hydrogens is 230 g/mol. The Bertz CT molecular complexity index is 512. The van der Waals surface area contributed by atoms with E-state index in [9.17, 15) is 4.79 Å². The van der Waals surface area contributed by atoms with Crippen molar-refractivity contribution in [3.63, 3.8) is 0 Å². The minimum atomic E-state index is -0.249. The van der Waals surface area contributed by atoms with Gasteiger partial charge in [-0.3, -0.25) is 4.79 Å². The summed E-state index contributed by atoms with van der Waals surface area (Å²) >= 11 is 0. The fourth-order valence-corrected chi connectivity index (χ4v) is 1.76. The number of esters is 1. The van der Waals surface area contributed by atoms with Gasteiger partial charge in [0.15, 0.2) is 0 Å². The smallest absolute Gasteiger partial charge is 0.311 e. The van der Waals surface area contributed by atoms with Gasteiger partial charge in [-0.1, -0.05) is 23.4 Å². The maximum absolute atomic E-state index is 11.7. The van der Waals surface area contributed by atoms with Crippen molar-refractivity contribution < 1.29 is 14.1 Å². The number of carbonyl (C=O) groups is 1. The summed E-state index contributed by atoms with van der Waals surface area (Å²) < 4.78 is 10.2. The summed E-state index contributed by atoms with van der Waals surface area (Å²) in [6, 6.07) is 9.05.